The lowest BCUT2D eigenvalue weighted by molar-refractivity contribution is 0.0937. The first kappa shape index (κ1) is 17.3. The van der Waals surface area contributed by atoms with Gasteiger partial charge in [0.1, 0.15) is 10.8 Å². The fraction of sp³-hybridized carbons (Fsp3) is 0.278. The number of thiazole rings is 1. The van der Waals surface area contributed by atoms with E-state index < -0.39 is 11.4 Å². The number of nitrogens with one attached hydrogen (secondary N) is 2. The van der Waals surface area contributed by atoms with E-state index in [0.717, 1.165) is 15.6 Å². The van der Waals surface area contributed by atoms with Crippen molar-refractivity contribution in [1.29, 1.82) is 0 Å². The highest BCUT2D eigenvalue weighted by Gasteiger charge is 2.20. The van der Waals surface area contributed by atoms with E-state index in [0.29, 0.717) is 17.3 Å². The minimum Gasteiger partial charge on any atom is -0.343 e. The minimum absolute atomic E-state index is 0.224. The molecule has 2 heterocycles. The summed E-state index contributed by atoms with van der Waals surface area (Å²) in [6.07, 6.45) is 0.674. The summed E-state index contributed by atoms with van der Waals surface area (Å²) in [5.74, 6) is -0.846. The SMILES string of the molecule is CC[C@@H](NC(=O)c1cc(=O)[nH]c2cc(F)ccc12)c1nc(C)c(C)s1. The summed E-state index contributed by atoms with van der Waals surface area (Å²) < 4.78 is 13.4. The number of nitrogens with zero attached hydrogens (tertiary/aromatic N) is 1. The van der Waals surface area contributed by atoms with Gasteiger partial charge in [-0.15, -0.1) is 11.3 Å². The highest BCUT2D eigenvalue weighted by Crippen LogP contribution is 2.25. The molecule has 0 bridgehead atoms. The zero-order valence-corrected chi connectivity index (χ0v) is 15.0. The van der Waals surface area contributed by atoms with Crippen molar-refractivity contribution in [2.24, 2.45) is 0 Å². The molecule has 0 fully saturated rings. The van der Waals surface area contributed by atoms with Crippen LogP contribution in [0.3, 0.4) is 0 Å². The Labute approximate surface area is 147 Å². The Kier molecular flexibility index (Phi) is 4.67. The van der Waals surface area contributed by atoms with Crippen LogP contribution in [0.15, 0.2) is 29.1 Å². The summed E-state index contributed by atoms with van der Waals surface area (Å²) in [5, 5.41) is 4.28. The maximum atomic E-state index is 13.4. The largest absolute Gasteiger partial charge is 0.343 e. The molecule has 1 amide bonds. The Hall–Kier alpha value is -2.54. The van der Waals surface area contributed by atoms with Crippen LogP contribution in [0.2, 0.25) is 0 Å². The lowest BCUT2D eigenvalue weighted by Gasteiger charge is -2.15. The molecule has 1 atom stereocenters. The lowest BCUT2D eigenvalue weighted by Crippen LogP contribution is -2.29. The number of carbonyl (C=O) groups is 1. The smallest absolute Gasteiger partial charge is 0.252 e. The fourth-order valence-electron chi connectivity index (χ4n) is 2.64. The quantitative estimate of drug-likeness (QED) is 0.747. The normalized spacial score (nSPS) is 12.3. The molecular formula is C18H18FN3O2S. The minimum atomic E-state index is -0.471. The van der Waals surface area contributed by atoms with Crippen LogP contribution in [0.4, 0.5) is 4.39 Å². The number of aromatic amines is 1. The van der Waals surface area contributed by atoms with Crippen LogP contribution in [0.1, 0.15) is 45.3 Å². The molecule has 1 aromatic carbocycles. The third-order valence-electron chi connectivity index (χ3n) is 4.11. The molecule has 0 saturated heterocycles. The van der Waals surface area contributed by atoms with Crippen molar-refractivity contribution in [3.63, 3.8) is 0 Å². The number of fused-ring (bicyclic) bond motifs is 1. The van der Waals surface area contributed by atoms with Gasteiger partial charge in [0.2, 0.25) is 5.56 Å². The molecule has 130 valence electrons. The van der Waals surface area contributed by atoms with Crippen molar-refractivity contribution in [2.45, 2.75) is 33.2 Å². The number of carbonyl (C=O) groups excluding carboxylic acids is 1. The highest BCUT2D eigenvalue weighted by atomic mass is 32.1. The monoisotopic (exact) mass is 359 g/mol. The predicted molar refractivity (Wildman–Crippen MR) is 96.6 cm³/mol. The Bertz CT molecular complexity index is 990. The molecular weight excluding hydrogens is 341 g/mol. The van der Waals surface area contributed by atoms with Gasteiger partial charge in [0.25, 0.3) is 5.91 Å². The first-order valence-corrected chi connectivity index (χ1v) is 8.78. The number of aryl methyl sites for hydroxylation is 2. The van der Waals surface area contributed by atoms with E-state index in [1.54, 1.807) is 11.3 Å². The fourth-order valence-corrected chi connectivity index (χ4v) is 3.70. The average molecular weight is 359 g/mol. The molecule has 2 N–H and O–H groups in total. The molecule has 0 aliphatic carbocycles. The van der Waals surface area contributed by atoms with Gasteiger partial charge in [-0.3, -0.25) is 9.59 Å². The van der Waals surface area contributed by atoms with E-state index in [2.05, 4.69) is 15.3 Å². The van der Waals surface area contributed by atoms with Crippen molar-refractivity contribution in [1.82, 2.24) is 15.3 Å². The Morgan fingerprint density at radius 3 is 2.76 bits per heavy atom. The second-order valence-electron chi connectivity index (χ2n) is 5.87. The number of pyridine rings is 1. The van der Waals surface area contributed by atoms with Gasteiger partial charge < -0.3 is 10.3 Å². The second-order valence-corrected chi connectivity index (χ2v) is 7.10. The molecule has 2 aromatic heterocycles. The Morgan fingerprint density at radius 1 is 1.36 bits per heavy atom. The molecule has 5 nitrogen and oxygen atoms in total. The standard InChI is InChI=1S/C18H18FN3O2S/c1-4-14(18-20-9(2)10(3)25-18)22-17(24)13-8-16(23)21-15-7-11(19)5-6-12(13)15/h5-8,14H,4H2,1-3H3,(H,21,23)(H,22,24)/t14-/m1/s1. The number of benzene rings is 1. The number of halogens is 1. The molecule has 3 aromatic rings. The Morgan fingerprint density at radius 2 is 2.12 bits per heavy atom. The number of hydrogen-bond acceptors (Lipinski definition) is 4. The number of H-pyrrole nitrogens is 1. The molecule has 3 rings (SSSR count). The Balaban J connectivity index is 1.97. The molecule has 7 heteroatoms. The van der Waals surface area contributed by atoms with Crippen molar-refractivity contribution < 1.29 is 9.18 Å². The maximum Gasteiger partial charge on any atom is 0.252 e. The van der Waals surface area contributed by atoms with Gasteiger partial charge in [-0.05, 0) is 38.5 Å². The molecule has 0 aliphatic heterocycles. The lowest BCUT2D eigenvalue weighted by atomic mass is 10.1. The van der Waals surface area contributed by atoms with Crippen molar-refractivity contribution in [3.8, 4) is 0 Å². The summed E-state index contributed by atoms with van der Waals surface area (Å²) in [6, 6.07) is 4.97. The zero-order chi connectivity index (χ0) is 18.1. The van der Waals surface area contributed by atoms with Crippen molar-refractivity contribution in [2.75, 3.05) is 0 Å². The summed E-state index contributed by atoms with van der Waals surface area (Å²) in [6.45, 7) is 5.88. The number of hydrogen-bond donors (Lipinski definition) is 2. The molecule has 0 radical (unpaired) electrons. The molecule has 0 saturated carbocycles. The number of amides is 1. The van der Waals surface area contributed by atoms with Crippen LogP contribution in [0, 0.1) is 19.7 Å². The van der Waals surface area contributed by atoms with Gasteiger partial charge in [-0.2, -0.15) is 0 Å². The zero-order valence-electron chi connectivity index (χ0n) is 14.1. The molecule has 25 heavy (non-hydrogen) atoms. The predicted octanol–water partition coefficient (Wildman–Crippen LogP) is 3.62. The first-order valence-electron chi connectivity index (χ1n) is 7.96. The summed E-state index contributed by atoms with van der Waals surface area (Å²) in [5.41, 5.74) is 1.02. The van der Waals surface area contributed by atoms with Crippen LogP contribution in [0.5, 0.6) is 0 Å². The summed E-state index contributed by atoms with van der Waals surface area (Å²) in [7, 11) is 0. The van der Waals surface area contributed by atoms with Crippen LogP contribution in [0.25, 0.3) is 10.9 Å². The number of aromatic nitrogens is 2. The van der Waals surface area contributed by atoms with Crippen molar-refractivity contribution in [3.05, 3.63) is 61.6 Å². The van der Waals surface area contributed by atoms with Gasteiger partial charge >= 0.3 is 0 Å². The van der Waals surface area contributed by atoms with E-state index in [4.69, 9.17) is 0 Å². The summed E-state index contributed by atoms with van der Waals surface area (Å²) >= 11 is 1.55. The average Bonchev–Trinajstić information content (AvgIpc) is 2.90. The first-order chi connectivity index (χ1) is 11.9. The van der Waals surface area contributed by atoms with Gasteiger partial charge in [0.15, 0.2) is 0 Å². The molecule has 0 aliphatic rings. The van der Waals surface area contributed by atoms with Crippen LogP contribution < -0.4 is 10.9 Å². The van der Waals surface area contributed by atoms with E-state index >= 15 is 0 Å². The third-order valence-corrected chi connectivity index (χ3v) is 5.29. The maximum absolute atomic E-state index is 13.4. The summed E-state index contributed by atoms with van der Waals surface area (Å²) in [4.78, 5) is 32.7. The molecule has 0 spiro atoms. The van der Waals surface area contributed by atoms with Gasteiger partial charge in [-0.25, -0.2) is 9.37 Å². The van der Waals surface area contributed by atoms with E-state index in [9.17, 15) is 14.0 Å². The molecule has 0 unspecified atom stereocenters. The van der Waals surface area contributed by atoms with E-state index in [1.165, 1.54) is 24.3 Å². The third kappa shape index (κ3) is 3.46. The second kappa shape index (κ2) is 6.76. The van der Waals surface area contributed by atoms with Crippen LogP contribution >= 0.6 is 11.3 Å². The topological polar surface area (TPSA) is 74.8 Å². The van der Waals surface area contributed by atoms with Crippen LogP contribution in [-0.4, -0.2) is 15.9 Å². The van der Waals surface area contributed by atoms with Gasteiger partial charge in [0.05, 0.1) is 22.8 Å². The van der Waals surface area contributed by atoms with E-state index in [1.807, 2.05) is 20.8 Å². The highest BCUT2D eigenvalue weighted by molar-refractivity contribution is 7.11. The van der Waals surface area contributed by atoms with E-state index in [-0.39, 0.29) is 17.5 Å². The van der Waals surface area contributed by atoms with Gasteiger partial charge in [0, 0.05) is 16.3 Å². The number of rotatable bonds is 4. The van der Waals surface area contributed by atoms with Crippen LogP contribution in [-0.2, 0) is 0 Å². The van der Waals surface area contributed by atoms with Gasteiger partial charge in [-0.1, -0.05) is 6.92 Å². The van der Waals surface area contributed by atoms with Crippen molar-refractivity contribution >= 4 is 28.1 Å².